The Morgan fingerprint density at radius 3 is 1.89 bits per heavy atom. The lowest BCUT2D eigenvalue weighted by atomic mass is 10.0. The van der Waals surface area contributed by atoms with Gasteiger partial charge in [-0.1, -0.05) is 35.3 Å². The summed E-state index contributed by atoms with van der Waals surface area (Å²) in [6, 6.07) is 7.53. The van der Waals surface area contributed by atoms with Crippen molar-refractivity contribution in [3.05, 3.63) is 62.1 Å². The molecule has 0 aromatic heterocycles. The third-order valence-electron chi connectivity index (χ3n) is 5.67. The van der Waals surface area contributed by atoms with Gasteiger partial charge in [0.2, 0.25) is 10.0 Å². The molecule has 0 amide bonds. The Balaban J connectivity index is 1.78. The molecule has 0 aliphatic carbocycles. The highest BCUT2D eigenvalue weighted by Crippen LogP contribution is 2.30. The molecule has 3 rings (SSSR count). The molecule has 152 valence electrons. The molecule has 0 saturated carbocycles. The molecule has 2 aromatic carbocycles. The van der Waals surface area contributed by atoms with Crippen molar-refractivity contribution in [3.8, 4) is 0 Å². The average molecular weight is 441 g/mol. The Hall–Kier alpha value is -1.11. The van der Waals surface area contributed by atoms with Gasteiger partial charge in [0.05, 0.1) is 4.90 Å². The van der Waals surface area contributed by atoms with E-state index in [9.17, 15) is 8.42 Å². The van der Waals surface area contributed by atoms with Gasteiger partial charge in [-0.05, 0) is 62.1 Å². The van der Waals surface area contributed by atoms with E-state index in [1.807, 2.05) is 45.9 Å². The number of halogens is 2. The Kier molecular flexibility index (Phi) is 6.42. The molecule has 1 aliphatic heterocycles. The van der Waals surface area contributed by atoms with E-state index in [4.69, 9.17) is 23.2 Å². The van der Waals surface area contributed by atoms with E-state index < -0.39 is 10.0 Å². The zero-order valence-corrected chi connectivity index (χ0v) is 19.0. The summed E-state index contributed by atoms with van der Waals surface area (Å²) in [6.45, 7) is 10.5. The third kappa shape index (κ3) is 4.10. The minimum atomic E-state index is -3.53. The van der Waals surface area contributed by atoms with Gasteiger partial charge in [0, 0.05) is 48.3 Å². The molecule has 7 heteroatoms. The lowest BCUT2D eigenvalue weighted by molar-refractivity contribution is 0.181. The second-order valence-corrected chi connectivity index (χ2v) is 10.2. The van der Waals surface area contributed by atoms with E-state index in [0.717, 1.165) is 27.8 Å². The molecule has 1 heterocycles. The van der Waals surface area contributed by atoms with Gasteiger partial charge in [-0.25, -0.2) is 8.42 Å². The fourth-order valence-corrected chi connectivity index (χ4v) is 6.25. The van der Waals surface area contributed by atoms with Crippen LogP contribution in [0.3, 0.4) is 0 Å². The van der Waals surface area contributed by atoms with Crippen LogP contribution in [0.2, 0.25) is 10.0 Å². The van der Waals surface area contributed by atoms with Gasteiger partial charge in [-0.15, -0.1) is 0 Å². The predicted molar refractivity (Wildman–Crippen MR) is 116 cm³/mol. The molecule has 28 heavy (non-hydrogen) atoms. The number of nitrogens with zero attached hydrogens (tertiary/aromatic N) is 2. The fraction of sp³-hybridized carbons (Fsp3) is 0.429. The highest BCUT2D eigenvalue weighted by Gasteiger charge is 2.32. The maximum Gasteiger partial charge on any atom is 0.243 e. The van der Waals surface area contributed by atoms with Crippen molar-refractivity contribution in [1.29, 1.82) is 0 Å². The molecular formula is C21H26Cl2N2O2S. The summed E-state index contributed by atoms with van der Waals surface area (Å²) in [7, 11) is -3.53. The largest absolute Gasteiger partial charge is 0.296 e. The fourth-order valence-electron chi connectivity index (χ4n) is 3.73. The molecule has 4 nitrogen and oxygen atoms in total. The third-order valence-corrected chi connectivity index (χ3v) is 8.55. The van der Waals surface area contributed by atoms with Crippen LogP contribution >= 0.6 is 23.2 Å². The number of piperazine rings is 1. The quantitative estimate of drug-likeness (QED) is 0.689. The molecule has 0 spiro atoms. The first-order chi connectivity index (χ1) is 13.1. The standard InChI is InChI=1S/C21H26Cl2N2O2S/c1-14-12-15(2)17(4)21(16(14)3)28(26,27)25-10-8-24(9-11-25)13-18-19(22)6-5-7-20(18)23/h5-7,12H,8-11,13H2,1-4H3. The number of hydrogen-bond donors (Lipinski definition) is 0. The number of benzene rings is 2. The summed E-state index contributed by atoms with van der Waals surface area (Å²) in [4.78, 5) is 2.66. The maximum absolute atomic E-state index is 13.4. The van der Waals surface area contributed by atoms with Gasteiger partial charge < -0.3 is 0 Å². The van der Waals surface area contributed by atoms with Crippen molar-refractivity contribution >= 4 is 33.2 Å². The molecule has 0 bridgehead atoms. The molecule has 0 unspecified atom stereocenters. The van der Waals surface area contributed by atoms with Crippen molar-refractivity contribution in [3.63, 3.8) is 0 Å². The van der Waals surface area contributed by atoms with Crippen LogP contribution in [0.1, 0.15) is 27.8 Å². The summed E-state index contributed by atoms with van der Waals surface area (Å²) >= 11 is 12.6. The minimum Gasteiger partial charge on any atom is -0.296 e. The maximum atomic E-state index is 13.4. The van der Waals surface area contributed by atoms with Crippen LogP contribution in [0.25, 0.3) is 0 Å². The van der Waals surface area contributed by atoms with Crippen LogP contribution in [0, 0.1) is 27.7 Å². The SMILES string of the molecule is Cc1cc(C)c(C)c(S(=O)(=O)N2CCN(Cc3c(Cl)cccc3Cl)CC2)c1C. The van der Waals surface area contributed by atoms with Gasteiger partial charge in [-0.2, -0.15) is 4.31 Å². The lowest BCUT2D eigenvalue weighted by Gasteiger charge is -2.35. The second kappa shape index (κ2) is 8.33. The normalized spacial score (nSPS) is 16.5. The molecular weight excluding hydrogens is 415 g/mol. The summed E-state index contributed by atoms with van der Waals surface area (Å²) < 4.78 is 28.3. The van der Waals surface area contributed by atoms with Gasteiger partial charge >= 0.3 is 0 Å². The van der Waals surface area contributed by atoms with Crippen LogP contribution in [0.15, 0.2) is 29.2 Å². The van der Waals surface area contributed by atoms with Crippen molar-refractivity contribution in [2.24, 2.45) is 0 Å². The van der Waals surface area contributed by atoms with E-state index in [-0.39, 0.29) is 0 Å². The summed E-state index contributed by atoms with van der Waals surface area (Å²) in [5, 5.41) is 1.29. The second-order valence-electron chi connectivity index (χ2n) is 7.47. The van der Waals surface area contributed by atoms with Crippen molar-refractivity contribution in [2.75, 3.05) is 26.2 Å². The van der Waals surface area contributed by atoms with E-state index >= 15 is 0 Å². The van der Waals surface area contributed by atoms with Gasteiger partial charge in [0.1, 0.15) is 0 Å². The van der Waals surface area contributed by atoms with Crippen molar-refractivity contribution in [1.82, 2.24) is 9.21 Å². The Morgan fingerprint density at radius 1 is 0.893 bits per heavy atom. The molecule has 1 aliphatic rings. The van der Waals surface area contributed by atoms with Gasteiger partial charge in [-0.3, -0.25) is 4.90 Å². The highest BCUT2D eigenvalue weighted by atomic mass is 35.5. The predicted octanol–water partition coefficient (Wildman–Crippen LogP) is 4.73. The van der Waals surface area contributed by atoms with Gasteiger partial charge in [0.15, 0.2) is 0 Å². The molecule has 1 fully saturated rings. The van der Waals surface area contributed by atoms with Crippen LogP contribution in [0.4, 0.5) is 0 Å². The van der Waals surface area contributed by atoms with Crippen LogP contribution in [-0.4, -0.2) is 43.8 Å². The van der Waals surface area contributed by atoms with Crippen LogP contribution in [0.5, 0.6) is 0 Å². The van der Waals surface area contributed by atoms with E-state index in [2.05, 4.69) is 11.0 Å². The number of sulfonamides is 1. The number of aryl methyl sites for hydroxylation is 2. The summed E-state index contributed by atoms with van der Waals surface area (Å²) in [5.74, 6) is 0. The van der Waals surface area contributed by atoms with Gasteiger partial charge in [0.25, 0.3) is 0 Å². The molecule has 0 radical (unpaired) electrons. The van der Waals surface area contributed by atoms with Crippen molar-refractivity contribution < 1.29 is 8.42 Å². The first kappa shape index (κ1) is 21.6. The first-order valence-corrected chi connectivity index (χ1v) is 11.6. The van der Waals surface area contributed by atoms with Crippen LogP contribution < -0.4 is 0 Å². The van der Waals surface area contributed by atoms with Crippen LogP contribution in [-0.2, 0) is 16.6 Å². The topological polar surface area (TPSA) is 40.6 Å². The lowest BCUT2D eigenvalue weighted by Crippen LogP contribution is -2.48. The Morgan fingerprint density at radius 2 is 1.39 bits per heavy atom. The molecule has 0 N–H and O–H groups in total. The molecule has 0 atom stereocenters. The molecule has 2 aromatic rings. The summed E-state index contributed by atoms with van der Waals surface area (Å²) in [5.41, 5.74) is 4.59. The monoisotopic (exact) mass is 440 g/mol. The van der Waals surface area contributed by atoms with E-state index in [1.54, 1.807) is 4.31 Å². The minimum absolute atomic E-state index is 0.455. The van der Waals surface area contributed by atoms with E-state index in [0.29, 0.717) is 47.7 Å². The smallest absolute Gasteiger partial charge is 0.243 e. The van der Waals surface area contributed by atoms with E-state index in [1.165, 1.54) is 0 Å². The highest BCUT2D eigenvalue weighted by molar-refractivity contribution is 7.89. The molecule has 1 saturated heterocycles. The Labute approximate surface area is 178 Å². The number of hydrogen-bond acceptors (Lipinski definition) is 3. The zero-order chi connectivity index (χ0) is 20.6. The van der Waals surface area contributed by atoms with Crippen molar-refractivity contribution in [2.45, 2.75) is 39.1 Å². The average Bonchev–Trinajstić information content (AvgIpc) is 2.64. The number of rotatable bonds is 4. The first-order valence-electron chi connectivity index (χ1n) is 9.35. The Bertz CT molecular complexity index is 951. The summed E-state index contributed by atoms with van der Waals surface area (Å²) in [6.07, 6.45) is 0. The zero-order valence-electron chi connectivity index (χ0n) is 16.7.